The summed E-state index contributed by atoms with van der Waals surface area (Å²) in [6.07, 6.45) is 3.68. The first-order chi connectivity index (χ1) is 12.7. The molecule has 1 saturated heterocycles. The van der Waals surface area contributed by atoms with Crippen LogP contribution in [0, 0.1) is 5.82 Å². The number of nitrogens with zero attached hydrogens (tertiary/aromatic N) is 3. The van der Waals surface area contributed by atoms with E-state index in [0.29, 0.717) is 5.70 Å². The predicted molar refractivity (Wildman–Crippen MR) is 98.5 cm³/mol. The SMILES string of the molecule is O=C1[N]C(c2ccc(F)cc2)=CN1C1CCN(Cc2ccccc2)CC1. The summed E-state index contributed by atoms with van der Waals surface area (Å²) in [6, 6.07) is 16.5. The van der Waals surface area contributed by atoms with E-state index in [9.17, 15) is 9.18 Å². The van der Waals surface area contributed by atoms with Crippen molar-refractivity contribution in [3.8, 4) is 0 Å². The van der Waals surface area contributed by atoms with Crippen LogP contribution >= 0.6 is 0 Å². The Morgan fingerprint density at radius 3 is 2.38 bits per heavy atom. The maximum Gasteiger partial charge on any atom is 0.348 e. The number of amides is 2. The van der Waals surface area contributed by atoms with E-state index < -0.39 is 0 Å². The van der Waals surface area contributed by atoms with E-state index in [1.54, 1.807) is 17.0 Å². The average molecular weight is 350 g/mol. The van der Waals surface area contributed by atoms with Gasteiger partial charge < -0.3 is 0 Å². The number of halogens is 1. The lowest BCUT2D eigenvalue weighted by Gasteiger charge is -2.35. The van der Waals surface area contributed by atoms with Gasteiger partial charge in [-0.15, -0.1) is 0 Å². The molecule has 4 rings (SSSR count). The van der Waals surface area contributed by atoms with Gasteiger partial charge >= 0.3 is 6.03 Å². The fraction of sp³-hybridized carbons (Fsp3) is 0.286. The lowest BCUT2D eigenvalue weighted by molar-refractivity contribution is 0.145. The van der Waals surface area contributed by atoms with Crippen LogP contribution in [0.5, 0.6) is 0 Å². The number of rotatable bonds is 4. The van der Waals surface area contributed by atoms with E-state index in [4.69, 9.17) is 0 Å². The van der Waals surface area contributed by atoms with Gasteiger partial charge in [0.05, 0.1) is 5.70 Å². The second kappa shape index (κ2) is 7.30. The number of hydrogen-bond acceptors (Lipinski definition) is 2. The van der Waals surface area contributed by atoms with Crippen LogP contribution in [0.4, 0.5) is 9.18 Å². The summed E-state index contributed by atoms with van der Waals surface area (Å²) in [5.41, 5.74) is 2.70. The molecule has 26 heavy (non-hydrogen) atoms. The Balaban J connectivity index is 1.38. The van der Waals surface area contributed by atoms with Crippen molar-refractivity contribution in [1.82, 2.24) is 15.1 Å². The Bertz CT molecular complexity index is 796. The number of piperidine rings is 1. The van der Waals surface area contributed by atoms with E-state index in [2.05, 4.69) is 34.5 Å². The molecule has 133 valence electrons. The molecule has 2 aliphatic rings. The first-order valence-electron chi connectivity index (χ1n) is 8.97. The maximum atomic E-state index is 13.1. The van der Waals surface area contributed by atoms with Crippen LogP contribution < -0.4 is 5.32 Å². The number of hydrogen-bond donors (Lipinski definition) is 0. The zero-order valence-electron chi connectivity index (χ0n) is 14.5. The highest BCUT2D eigenvalue weighted by molar-refractivity contribution is 5.91. The second-order valence-electron chi connectivity index (χ2n) is 6.82. The third-order valence-corrected chi connectivity index (χ3v) is 5.04. The number of carbonyl (C=O) groups excluding carboxylic acids is 1. The van der Waals surface area contributed by atoms with Crippen molar-refractivity contribution in [1.29, 1.82) is 0 Å². The molecule has 0 aliphatic carbocycles. The molecule has 2 heterocycles. The average Bonchev–Trinajstić information content (AvgIpc) is 3.05. The van der Waals surface area contributed by atoms with Crippen LogP contribution in [0.1, 0.15) is 24.0 Å². The molecule has 0 unspecified atom stereocenters. The normalized spacial score (nSPS) is 18.7. The minimum Gasteiger partial charge on any atom is -0.299 e. The Hall–Kier alpha value is -2.66. The lowest BCUT2D eigenvalue weighted by Crippen LogP contribution is -2.44. The van der Waals surface area contributed by atoms with Crippen LogP contribution in [0.25, 0.3) is 5.70 Å². The Morgan fingerprint density at radius 2 is 1.69 bits per heavy atom. The molecule has 0 atom stereocenters. The largest absolute Gasteiger partial charge is 0.348 e. The van der Waals surface area contributed by atoms with E-state index in [-0.39, 0.29) is 17.9 Å². The van der Waals surface area contributed by atoms with Crippen molar-refractivity contribution in [3.63, 3.8) is 0 Å². The molecule has 0 aromatic heterocycles. The molecule has 0 saturated carbocycles. The van der Waals surface area contributed by atoms with Crippen molar-refractivity contribution in [2.24, 2.45) is 0 Å². The van der Waals surface area contributed by atoms with Crippen molar-refractivity contribution in [2.45, 2.75) is 25.4 Å². The Kier molecular flexibility index (Phi) is 4.71. The monoisotopic (exact) mass is 350 g/mol. The first-order valence-corrected chi connectivity index (χ1v) is 8.97. The predicted octanol–water partition coefficient (Wildman–Crippen LogP) is 3.83. The standard InChI is InChI=1S/C21H21FN3O/c22-18-8-6-17(7-9-18)20-15-25(21(26)23-20)19-10-12-24(13-11-19)14-16-4-2-1-3-5-16/h1-9,15,19H,10-14H2. The molecule has 2 aliphatic heterocycles. The zero-order chi connectivity index (χ0) is 17.9. The molecular weight excluding hydrogens is 329 g/mol. The van der Waals surface area contributed by atoms with Gasteiger partial charge in [0.2, 0.25) is 0 Å². The Morgan fingerprint density at radius 1 is 1.00 bits per heavy atom. The van der Waals surface area contributed by atoms with Gasteiger partial charge in [0, 0.05) is 37.4 Å². The molecule has 2 aromatic carbocycles. The summed E-state index contributed by atoms with van der Waals surface area (Å²) in [5.74, 6) is -0.290. The Labute approximate surface area is 152 Å². The van der Waals surface area contributed by atoms with Crippen molar-refractivity contribution in [3.05, 3.63) is 77.7 Å². The van der Waals surface area contributed by atoms with Crippen LogP contribution in [0.15, 0.2) is 60.8 Å². The van der Waals surface area contributed by atoms with Gasteiger partial charge in [-0.05, 0) is 42.7 Å². The van der Waals surface area contributed by atoms with Crippen LogP contribution in [0.3, 0.4) is 0 Å². The molecule has 5 heteroatoms. The van der Waals surface area contributed by atoms with Gasteiger partial charge in [-0.3, -0.25) is 9.80 Å². The fourth-order valence-corrected chi connectivity index (χ4v) is 3.60. The van der Waals surface area contributed by atoms with Gasteiger partial charge in [0.15, 0.2) is 0 Å². The summed E-state index contributed by atoms with van der Waals surface area (Å²) in [7, 11) is 0. The number of urea groups is 1. The maximum absolute atomic E-state index is 13.1. The molecule has 2 amide bonds. The molecule has 2 aromatic rings. The summed E-state index contributed by atoms with van der Waals surface area (Å²) in [4.78, 5) is 16.5. The van der Waals surface area contributed by atoms with Crippen molar-refractivity contribution >= 4 is 11.7 Å². The van der Waals surface area contributed by atoms with Gasteiger partial charge in [-0.25, -0.2) is 9.18 Å². The quantitative estimate of drug-likeness (QED) is 0.840. The van der Waals surface area contributed by atoms with Gasteiger partial charge in [-0.2, -0.15) is 5.32 Å². The van der Waals surface area contributed by atoms with E-state index in [1.807, 2.05) is 12.3 Å². The summed E-state index contributed by atoms with van der Waals surface area (Å²) >= 11 is 0. The van der Waals surface area contributed by atoms with E-state index in [0.717, 1.165) is 38.0 Å². The van der Waals surface area contributed by atoms with Gasteiger partial charge in [-0.1, -0.05) is 30.3 Å². The molecule has 4 nitrogen and oxygen atoms in total. The highest BCUT2D eigenvalue weighted by Crippen LogP contribution is 2.26. The molecule has 0 bridgehead atoms. The number of carbonyl (C=O) groups is 1. The summed E-state index contributed by atoms with van der Waals surface area (Å²) < 4.78 is 13.1. The first kappa shape index (κ1) is 16.8. The second-order valence-corrected chi connectivity index (χ2v) is 6.82. The highest BCUT2D eigenvalue weighted by atomic mass is 19.1. The number of likely N-dealkylation sites (tertiary alicyclic amines) is 1. The topological polar surface area (TPSA) is 37.7 Å². The number of benzene rings is 2. The van der Waals surface area contributed by atoms with E-state index in [1.165, 1.54) is 17.7 Å². The molecule has 1 radical (unpaired) electrons. The van der Waals surface area contributed by atoms with Crippen LogP contribution in [-0.4, -0.2) is 35.0 Å². The van der Waals surface area contributed by atoms with Gasteiger partial charge in [0.1, 0.15) is 5.82 Å². The molecule has 0 spiro atoms. The summed E-state index contributed by atoms with van der Waals surface area (Å²) in [6.45, 7) is 2.87. The van der Waals surface area contributed by atoms with Crippen LogP contribution in [0.2, 0.25) is 0 Å². The van der Waals surface area contributed by atoms with E-state index >= 15 is 0 Å². The minimum atomic E-state index is -0.290. The molecular formula is C21H21FN3O. The minimum absolute atomic E-state index is 0.177. The van der Waals surface area contributed by atoms with Crippen LogP contribution in [-0.2, 0) is 6.54 Å². The third-order valence-electron chi connectivity index (χ3n) is 5.04. The smallest absolute Gasteiger partial charge is 0.299 e. The van der Waals surface area contributed by atoms with Crippen molar-refractivity contribution in [2.75, 3.05) is 13.1 Å². The van der Waals surface area contributed by atoms with Gasteiger partial charge in [0.25, 0.3) is 0 Å². The molecule has 1 fully saturated rings. The zero-order valence-corrected chi connectivity index (χ0v) is 14.5. The third kappa shape index (κ3) is 3.63. The van der Waals surface area contributed by atoms with Crippen molar-refractivity contribution < 1.29 is 9.18 Å². The molecule has 0 N–H and O–H groups in total. The summed E-state index contributed by atoms with van der Waals surface area (Å²) in [5, 5.41) is 4.14. The highest BCUT2D eigenvalue weighted by Gasteiger charge is 2.32. The fourth-order valence-electron chi connectivity index (χ4n) is 3.60. The lowest BCUT2D eigenvalue weighted by atomic mass is 10.0.